The number of nitrogens with zero attached hydrogens (tertiary/aromatic N) is 1. The summed E-state index contributed by atoms with van der Waals surface area (Å²) in [4.78, 5) is 0. The van der Waals surface area contributed by atoms with Gasteiger partial charge in [-0.3, -0.25) is 0 Å². The summed E-state index contributed by atoms with van der Waals surface area (Å²) in [5.41, 5.74) is 3.85. The van der Waals surface area contributed by atoms with E-state index in [0.29, 0.717) is 6.04 Å². The first-order valence-corrected chi connectivity index (χ1v) is 7.12. The molecule has 0 N–H and O–H groups in total. The van der Waals surface area contributed by atoms with E-state index in [4.69, 9.17) is 4.74 Å². The highest BCUT2D eigenvalue weighted by Gasteiger charge is 2.21. The Hall–Kier alpha value is -1.70. The second-order valence-corrected chi connectivity index (χ2v) is 5.37. The summed E-state index contributed by atoms with van der Waals surface area (Å²) in [7, 11) is 1.74. The second kappa shape index (κ2) is 5.12. The fourth-order valence-electron chi connectivity index (χ4n) is 3.27. The monoisotopic (exact) mass is 255 g/mol. The molecular formula is C17H21NO. The lowest BCUT2D eigenvalue weighted by atomic mass is 10.1. The second-order valence-electron chi connectivity index (χ2n) is 5.37. The van der Waals surface area contributed by atoms with Gasteiger partial charge < -0.3 is 9.30 Å². The third-order valence-corrected chi connectivity index (χ3v) is 4.19. The van der Waals surface area contributed by atoms with Crippen LogP contribution >= 0.6 is 0 Å². The van der Waals surface area contributed by atoms with Crippen LogP contribution < -0.4 is 4.74 Å². The summed E-state index contributed by atoms with van der Waals surface area (Å²) < 4.78 is 8.02. The standard InChI is InChI=1S/C17H21NO/c1-13-11-12-16(18(13)14-7-3-4-8-14)15-9-5-6-10-17(15)19-2/h5-6,9-12,14H,3-4,7-8H2,1-2H3. The van der Waals surface area contributed by atoms with Gasteiger partial charge in [-0.1, -0.05) is 25.0 Å². The Morgan fingerprint density at radius 3 is 2.53 bits per heavy atom. The zero-order valence-corrected chi connectivity index (χ0v) is 11.7. The van der Waals surface area contributed by atoms with Crippen molar-refractivity contribution >= 4 is 0 Å². The molecule has 1 heterocycles. The summed E-state index contributed by atoms with van der Waals surface area (Å²) in [6.45, 7) is 2.21. The van der Waals surface area contributed by atoms with Crippen molar-refractivity contribution in [1.29, 1.82) is 0 Å². The SMILES string of the molecule is COc1ccccc1-c1ccc(C)n1C1CCCC1. The van der Waals surface area contributed by atoms with Crippen LogP contribution in [-0.2, 0) is 0 Å². The molecule has 1 saturated carbocycles. The minimum atomic E-state index is 0.662. The Bertz CT molecular complexity index is 564. The summed E-state index contributed by atoms with van der Waals surface area (Å²) in [6, 6.07) is 13.4. The number of hydrogen-bond acceptors (Lipinski definition) is 1. The molecule has 1 fully saturated rings. The largest absolute Gasteiger partial charge is 0.496 e. The van der Waals surface area contributed by atoms with Crippen LogP contribution in [0, 0.1) is 6.92 Å². The van der Waals surface area contributed by atoms with Crippen LogP contribution in [-0.4, -0.2) is 11.7 Å². The highest BCUT2D eigenvalue weighted by atomic mass is 16.5. The molecule has 2 aromatic rings. The number of ether oxygens (including phenoxy) is 1. The first-order valence-electron chi connectivity index (χ1n) is 7.12. The van der Waals surface area contributed by atoms with E-state index in [2.05, 4.69) is 35.8 Å². The molecule has 0 unspecified atom stereocenters. The molecule has 1 aliphatic carbocycles. The van der Waals surface area contributed by atoms with Gasteiger partial charge in [-0.05, 0) is 44.0 Å². The molecule has 0 saturated heterocycles. The van der Waals surface area contributed by atoms with Gasteiger partial charge in [0.1, 0.15) is 5.75 Å². The normalized spacial score (nSPS) is 15.9. The molecule has 1 aliphatic rings. The lowest BCUT2D eigenvalue weighted by Gasteiger charge is -2.20. The molecule has 19 heavy (non-hydrogen) atoms. The van der Waals surface area contributed by atoms with E-state index in [1.807, 2.05) is 12.1 Å². The Morgan fingerprint density at radius 2 is 1.79 bits per heavy atom. The summed E-state index contributed by atoms with van der Waals surface area (Å²) in [6.07, 6.45) is 5.32. The van der Waals surface area contributed by atoms with Gasteiger partial charge in [0.05, 0.1) is 12.8 Å². The van der Waals surface area contributed by atoms with Crippen molar-refractivity contribution in [2.24, 2.45) is 0 Å². The van der Waals surface area contributed by atoms with Gasteiger partial charge in [0.15, 0.2) is 0 Å². The Labute approximate surface area is 115 Å². The zero-order valence-electron chi connectivity index (χ0n) is 11.7. The van der Waals surface area contributed by atoms with Gasteiger partial charge in [-0.25, -0.2) is 0 Å². The van der Waals surface area contributed by atoms with Crippen molar-refractivity contribution in [2.75, 3.05) is 7.11 Å². The summed E-state index contributed by atoms with van der Waals surface area (Å²) >= 11 is 0. The molecule has 0 atom stereocenters. The Morgan fingerprint density at radius 1 is 1.05 bits per heavy atom. The number of rotatable bonds is 3. The van der Waals surface area contributed by atoms with E-state index in [1.165, 1.54) is 42.6 Å². The number of para-hydroxylation sites is 1. The number of aryl methyl sites for hydroxylation is 1. The van der Waals surface area contributed by atoms with Crippen LogP contribution in [0.25, 0.3) is 11.3 Å². The third-order valence-electron chi connectivity index (χ3n) is 4.19. The van der Waals surface area contributed by atoms with Crippen LogP contribution in [0.1, 0.15) is 37.4 Å². The first-order chi connectivity index (χ1) is 9.31. The van der Waals surface area contributed by atoms with Gasteiger partial charge in [0.25, 0.3) is 0 Å². The van der Waals surface area contributed by atoms with Gasteiger partial charge in [-0.2, -0.15) is 0 Å². The average molecular weight is 255 g/mol. The molecular weight excluding hydrogens is 234 g/mol. The van der Waals surface area contributed by atoms with E-state index >= 15 is 0 Å². The molecule has 0 bridgehead atoms. The van der Waals surface area contributed by atoms with Crippen LogP contribution in [0.15, 0.2) is 36.4 Å². The van der Waals surface area contributed by atoms with E-state index in [1.54, 1.807) is 7.11 Å². The maximum absolute atomic E-state index is 5.51. The smallest absolute Gasteiger partial charge is 0.128 e. The van der Waals surface area contributed by atoms with Crippen molar-refractivity contribution in [1.82, 2.24) is 4.57 Å². The third kappa shape index (κ3) is 2.16. The van der Waals surface area contributed by atoms with Crippen molar-refractivity contribution < 1.29 is 4.74 Å². The highest BCUT2D eigenvalue weighted by Crippen LogP contribution is 2.38. The van der Waals surface area contributed by atoms with Crippen molar-refractivity contribution in [2.45, 2.75) is 38.6 Å². The highest BCUT2D eigenvalue weighted by molar-refractivity contribution is 5.68. The molecule has 0 aliphatic heterocycles. The maximum Gasteiger partial charge on any atom is 0.128 e. The molecule has 100 valence electrons. The Kier molecular flexibility index (Phi) is 3.33. The fraction of sp³-hybridized carbons (Fsp3) is 0.412. The maximum atomic E-state index is 5.51. The van der Waals surface area contributed by atoms with Gasteiger partial charge in [-0.15, -0.1) is 0 Å². The van der Waals surface area contributed by atoms with Crippen LogP contribution in [0.2, 0.25) is 0 Å². The van der Waals surface area contributed by atoms with Crippen LogP contribution in [0.5, 0.6) is 5.75 Å². The Balaban J connectivity index is 2.10. The average Bonchev–Trinajstić information content (AvgIpc) is 3.07. The van der Waals surface area contributed by atoms with E-state index < -0.39 is 0 Å². The first kappa shape index (κ1) is 12.3. The summed E-state index contributed by atoms with van der Waals surface area (Å²) in [5, 5.41) is 0. The molecule has 0 radical (unpaired) electrons. The topological polar surface area (TPSA) is 14.2 Å². The molecule has 1 aromatic carbocycles. The van der Waals surface area contributed by atoms with Crippen molar-refractivity contribution in [3.8, 4) is 17.0 Å². The lowest BCUT2D eigenvalue weighted by molar-refractivity contribution is 0.415. The quantitative estimate of drug-likeness (QED) is 0.782. The molecule has 0 amide bonds. The molecule has 2 nitrogen and oxygen atoms in total. The minimum Gasteiger partial charge on any atom is -0.496 e. The van der Waals surface area contributed by atoms with Crippen molar-refractivity contribution in [3.63, 3.8) is 0 Å². The van der Waals surface area contributed by atoms with E-state index in [0.717, 1.165) is 5.75 Å². The predicted octanol–water partition coefficient (Wildman–Crippen LogP) is 4.59. The van der Waals surface area contributed by atoms with Gasteiger partial charge in [0.2, 0.25) is 0 Å². The summed E-state index contributed by atoms with van der Waals surface area (Å²) in [5.74, 6) is 0.958. The number of aromatic nitrogens is 1. The van der Waals surface area contributed by atoms with Crippen LogP contribution in [0.3, 0.4) is 0 Å². The molecule has 0 spiro atoms. The molecule has 1 aromatic heterocycles. The molecule has 2 heteroatoms. The van der Waals surface area contributed by atoms with Gasteiger partial charge in [0, 0.05) is 17.3 Å². The molecule has 3 rings (SSSR count). The number of benzene rings is 1. The minimum absolute atomic E-state index is 0.662. The van der Waals surface area contributed by atoms with E-state index in [9.17, 15) is 0 Å². The number of methoxy groups -OCH3 is 1. The van der Waals surface area contributed by atoms with Gasteiger partial charge >= 0.3 is 0 Å². The predicted molar refractivity (Wildman–Crippen MR) is 78.7 cm³/mol. The lowest BCUT2D eigenvalue weighted by Crippen LogP contribution is -2.08. The van der Waals surface area contributed by atoms with Crippen LogP contribution in [0.4, 0.5) is 0 Å². The zero-order chi connectivity index (χ0) is 13.2. The van der Waals surface area contributed by atoms with E-state index in [-0.39, 0.29) is 0 Å². The number of hydrogen-bond donors (Lipinski definition) is 0. The fourth-order valence-corrected chi connectivity index (χ4v) is 3.27. The van der Waals surface area contributed by atoms with Crippen molar-refractivity contribution in [3.05, 3.63) is 42.1 Å².